The molecule has 0 spiro atoms. The molecule has 1 aliphatic heterocycles. The van der Waals surface area contributed by atoms with Gasteiger partial charge < -0.3 is 10.0 Å². The topological polar surface area (TPSA) is 77.9 Å². The van der Waals surface area contributed by atoms with Crippen LogP contribution in [-0.2, 0) is 10.0 Å². The van der Waals surface area contributed by atoms with Crippen LogP contribution < -0.4 is 0 Å². The van der Waals surface area contributed by atoms with Gasteiger partial charge in [0, 0.05) is 36.6 Å². The van der Waals surface area contributed by atoms with E-state index in [0.717, 1.165) is 5.56 Å². The quantitative estimate of drug-likeness (QED) is 0.846. The Morgan fingerprint density at radius 1 is 1.04 bits per heavy atom. The molecule has 1 amide bonds. The van der Waals surface area contributed by atoms with E-state index < -0.39 is 10.0 Å². The van der Waals surface area contributed by atoms with Crippen molar-refractivity contribution in [3.8, 4) is 5.75 Å². The first-order valence-corrected chi connectivity index (χ1v) is 10.3. The molecule has 3 rings (SSSR count). The first-order valence-electron chi connectivity index (χ1n) is 8.38. The second-order valence-corrected chi connectivity index (χ2v) is 8.37. The number of hydrogen-bond donors (Lipinski definition) is 1. The number of carbonyl (C=O) groups is 1. The van der Waals surface area contributed by atoms with Crippen LogP contribution in [0.2, 0.25) is 5.02 Å². The van der Waals surface area contributed by atoms with Crippen molar-refractivity contribution < 1.29 is 18.3 Å². The molecule has 0 unspecified atom stereocenters. The van der Waals surface area contributed by atoms with Gasteiger partial charge in [-0.05, 0) is 29.8 Å². The lowest BCUT2D eigenvalue weighted by Crippen LogP contribution is -2.50. The first kappa shape index (κ1) is 19.4. The summed E-state index contributed by atoms with van der Waals surface area (Å²) in [7, 11) is -3.57. The molecule has 0 bridgehead atoms. The maximum Gasteiger partial charge on any atom is 0.257 e. The van der Waals surface area contributed by atoms with Crippen LogP contribution >= 0.6 is 11.6 Å². The summed E-state index contributed by atoms with van der Waals surface area (Å²) >= 11 is 5.89. The molecule has 0 aromatic heterocycles. The van der Waals surface area contributed by atoms with Crippen molar-refractivity contribution in [1.82, 2.24) is 9.21 Å². The number of phenolic OH excluding ortho intramolecular Hbond substituents is 1. The Balaban J connectivity index is 1.65. The molecule has 1 N–H and O–H groups in total. The summed E-state index contributed by atoms with van der Waals surface area (Å²) < 4.78 is 26.3. The maximum absolute atomic E-state index is 12.6. The second kappa shape index (κ2) is 8.12. The lowest BCUT2D eigenvalue weighted by atomic mass is 10.1. The van der Waals surface area contributed by atoms with Crippen LogP contribution in [0.4, 0.5) is 0 Å². The summed E-state index contributed by atoms with van der Waals surface area (Å²) in [5.74, 6) is -0.517. The maximum atomic E-state index is 12.6. The van der Waals surface area contributed by atoms with E-state index in [0.29, 0.717) is 5.02 Å². The van der Waals surface area contributed by atoms with Gasteiger partial charge in [-0.15, -0.1) is 0 Å². The monoisotopic (exact) mass is 406 g/mol. The molecule has 1 aliphatic rings. The highest BCUT2D eigenvalue weighted by molar-refractivity contribution is 7.92. The van der Waals surface area contributed by atoms with Gasteiger partial charge in [0.25, 0.3) is 5.91 Å². The number of nitrogens with zero attached hydrogens (tertiary/aromatic N) is 2. The van der Waals surface area contributed by atoms with Gasteiger partial charge in [-0.1, -0.05) is 41.9 Å². The number of amides is 1. The normalized spacial score (nSPS) is 16.0. The summed E-state index contributed by atoms with van der Waals surface area (Å²) in [6.45, 7) is 0.857. The zero-order valence-electron chi connectivity index (χ0n) is 14.5. The fourth-order valence-corrected chi connectivity index (χ4v) is 4.16. The Kier molecular flexibility index (Phi) is 5.84. The van der Waals surface area contributed by atoms with Crippen LogP contribution in [0, 0.1) is 0 Å². The molecule has 0 atom stereocenters. The highest BCUT2D eigenvalue weighted by Crippen LogP contribution is 2.24. The van der Waals surface area contributed by atoms with Crippen LogP contribution in [0.25, 0.3) is 6.08 Å². The number of aromatic hydroxyl groups is 1. The number of halogens is 1. The van der Waals surface area contributed by atoms with Crippen molar-refractivity contribution >= 4 is 33.6 Å². The third-order valence-corrected chi connectivity index (χ3v) is 6.11. The van der Waals surface area contributed by atoms with Gasteiger partial charge in [-0.2, -0.15) is 4.31 Å². The average molecular weight is 407 g/mol. The third-order valence-electron chi connectivity index (χ3n) is 4.31. The Labute approximate surface area is 163 Å². The summed E-state index contributed by atoms with van der Waals surface area (Å²) in [6, 6.07) is 13.4. The van der Waals surface area contributed by atoms with Crippen molar-refractivity contribution in [3.05, 3.63) is 70.1 Å². The molecule has 8 heteroatoms. The van der Waals surface area contributed by atoms with Crippen LogP contribution in [0.1, 0.15) is 15.9 Å². The molecule has 27 heavy (non-hydrogen) atoms. The highest BCUT2D eigenvalue weighted by atomic mass is 35.5. The molecule has 6 nitrogen and oxygen atoms in total. The minimum absolute atomic E-state index is 0.114. The van der Waals surface area contributed by atoms with E-state index in [9.17, 15) is 18.3 Å². The number of carbonyl (C=O) groups excluding carboxylic acids is 1. The van der Waals surface area contributed by atoms with E-state index >= 15 is 0 Å². The third kappa shape index (κ3) is 4.68. The zero-order valence-corrected chi connectivity index (χ0v) is 16.0. The fraction of sp³-hybridized carbons (Fsp3) is 0.211. The number of benzene rings is 2. The zero-order chi connectivity index (χ0) is 19.4. The van der Waals surface area contributed by atoms with E-state index in [1.54, 1.807) is 6.08 Å². The Morgan fingerprint density at radius 3 is 2.37 bits per heavy atom. The Morgan fingerprint density at radius 2 is 1.70 bits per heavy atom. The molecule has 0 aliphatic carbocycles. The van der Waals surface area contributed by atoms with E-state index in [1.807, 2.05) is 30.3 Å². The van der Waals surface area contributed by atoms with E-state index in [-0.39, 0.29) is 43.4 Å². The van der Waals surface area contributed by atoms with Gasteiger partial charge in [0.05, 0.1) is 5.56 Å². The van der Waals surface area contributed by atoms with Gasteiger partial charge in [-0.25, -0.2) is 8.42 Å². The molecular weight excluding hydrogens is 388 g/mol. The molecule has 2 aromatic rings. The van der Waals surface area contributed by atoms with E-state index in [2.05, 4.69) is 0 Å². The minimum Gasteiger partial charge on any atom is -0.507 e. The summed E-state index contributed by atoms with van der Waals surface area (Å²) in [5, 5.41) is 11.4. The SMILES string of the molecule is O=C(c1cc(Cl)ccc1O)N1CCN(S(=O)(=O)/C=C/c2ccccc2)CC1. The van der Waals surface area contributed by atoms with Gasteiger partial charge >= 0.3 is 0 Å². The van der Waals surface area contributed by atoms with Crippen LogP contribution in [-0.4, -0.2) is 54.8 Å². The number of hydrogen-bond acceptors (Lipinski definition) is 4. The molecule has 1 fully saturated rings. The van der Waals surface area contributed by atoms with E-state index in [1.165, 1.54) is 32.8 Å². The molecule has 1 saturated heterocycles. The van der Waals surface area contributed by atoms with Crippen molar-refractivity contribution in [2.45, 2.75) is 0 Å². The van der Waals surface area contributed by atoms with Gasteiger partial charge in [0.2, 0.25) is 10.0 Å². The van der Waals surface area contributed by atoms with E-state index in [4.69, 9.17) is 11.6 Å². The predicted octanol–water partition coefficient (Wildman–Crippen LogP) is 2.80. The minimum atomic E-state index is -3.57. The largest absolute Gasteiger partial charge is 0.507 e. The van der Waals surface area contributed by atoms with Crippen molar-refractivity contribution in [3.63, 3.8) is 0 Å². The highest BCUT2D eigenvalue weighted by Gasteiger charge is 2.28. The summed E-state index contributed by atoms with van der Waals surface area (Å²) in [4.78, 5) is 14.1. The Bertz CT molecular complexity index is 953. The predicted molar refractivity (Wildman–Crippen MR) is 105 cm³/mol. The fourth-order valence-electron chi connectivity index (χ4n) is 2.81. The molecular formula is C19H19ClN2O4S. The Hall–Kier alpha value is -2.35. The van der Waals surface area contributed by atoms with Crippen LogP contribution in [0.3, 0.4) is 0 Å². The van der Waals surface area contributed by atoms with Gasteiger partial charge in [0.15, 0.2) is 0 Å². The molecule has 0 radical (unpaired) electrons. The second-order valence-electron chi connectivity index (χ2n) is 6.11. The molecule has 1 heterocycles. The van der Waals surface area contributed by atoms with Crippen molar-refractivity contribution in [2.75, 3.05) is 26.2 Å². The van der Waals surface area contributed by atoms with Crippen molar-refractivity contribution in [2.24, 2.45) is 0 Å². The number of sulfonamides is 1. The van der Waals surface area contributed by atoms with Gasteiger partial charge in [-0.3, -0.25) is 4.79 Å². The number of rotatable bonds is 4. The standard InChI is InChI=1S/C19H19ClN2O4S/c20-16-6-7-18(23)17(14-16)19(24)21-9-11-22(12-10-21)27(25,26)13-8-15-4-2-1-3-5-15/h1-8,13-14,23H,9-12H2/b13-8+. The average Bonchev–Trinajstić information content (AvgIpc) is 2.69. The summed E-state index contributed by atoms with van der Waals surface area (Å²) in [6.07, 6.45) is 1.55. The number of piperazine rings is 1. The lowest BCUT2D eigenvalue weighted by Gasteiger charge is -2.33. The summed E-state index contributed by atoms with van der Waals surface area (Å²) in [5.41, 5.74) is 0.911. The smallest absolute Gasteiger partial charge is 0.257 e. The van der Waals surface area contributed by atoms with Gasteiger partial charge in [0.1, 0.15) is 5.75 Å². The molecule has 0 saturated carbocycles. The van der Waals surface area contributed by atoms with Crippen LogP contribution in [0.5, 0.6) is 5.75 Å². The lowest BCUT2D eigenvalue weighted by molar-refractivity contribution is 0.0695. The molecule has 142 valence electrons. The number of phenols is 1. The van der Waals surface area contributed by atoms with Crippen LogP contribution in [0.15, 0.2) is 53.9 Å². The molecule has 2 aromatic carbocycles. The van der Waals surface area contributed by atoms with Crippen molar-refractivity contribution in [1.29, 1.82) is 0 Å². The first-order chi connectivity index (χ1) is 12.9.